The number of amides is 1. The molecule has 0 radical (unpaired) electrons. The number of carbonyl (C=O) groups excluding carboxylic acids is 1. The second-order valence-electron chi connectivity index (χ2n) is 6.99. The van der Waals surface area contributed by atoms with Gasteiger partial charge in [0.1, 0.15) is 17.3 Å². The van der Waals surface area contributed by atoms with Crippen LogP contribution in [0.25, 0.3) is 11.3 Å². The van der Waals surface area contributed by atoms with Gasteiger partial charge in [0, 0.05) is 10.6 Å². The molecule has 5 nitrogen and oxygen atoms in total. The SMILES string of the molecule is Cc1ccc(C(C)C)c(OCC(=O)N/N=C/c2ccc(-c3ccc(Cl)cc3)o2)c1. The first kappa shape index (κ1) is 20.7. The molecule has 0 fully saturated rings. The first-order valence-electron chi connectivity index (χ1n) is 9.33. The van der Waals surface area contributed by atoms with E-state index in [0.29, 0.717) is 22.5 Å². The Labute approximate surface area is 175 Å². The average Bonchev–Trinajstić information content (AvgIpc) is 3.15. The van der Waals surface area contributed by atoms with Gasteiger partial charge in [-0.25, -0.2) is 5.43 Å². The zero-order valence-electron chi connectivity index (χ0n) is 16.6. The van der Waals surface area contributed by atoms with E-state index in [1.165, 1.54) is 6.21 Å². The van der Waals surface area contributed by atoms with Gasteiger partial charge in [-0.05, 0) is 66.4 Å². The number of nitrogens with one attached hydrogen (secondary N) is 1. The van der Waals surface area contributed by atoms with Gasteiger partial charge in [0.05, 0.1) is 6.21 Å². The van der Waals surface area contributed by atoms with Crippen LogP contribution in [0.4, 0.5) is 0 Å². The van der Waals surface area contributed by atoms with Crippen LogP contribution in [0.15, 0.2) is 64.1 Å². The summed E-state index contributed by atoms with van der Waals surface area (Å²) in [5, 5.41) is 4.60. The maximum Gasteiger partial charge on any atom is 0.277 e. The van der Waals surface area contributed by atoms with Crippen LogP contribution in [0.2, 0.25) is 5.02 Å². The Morgan fingerprint density at radius 3 is 2.66 bits per heavy atom. The molecule has 1 heterocycles. The lowest BCUT2D eigenvalue weighted by Gasteiger charge is -2.14. The van der Waals surface area contributed by atoms with E-state index in [4.69, 9.17) is 20.8 Å². The number of halogens is 1. The molecule has 0 aliphatic carbocycles. The molecular weight excluding hydrogens is 388 g/mol. The minimum Gasteiger partial charge on any atom is -0.483 e. The van der Waals surface area contributed by atoms with Gasteiger partial charge < -0.3 is 9.15 Å². The molecule has 0 bridgehead atoms. The van der Waals surface area contributed by atoms with Crippen molar-refractivity contribution < 1.29 is 13.9 Å². The normalized spacial score (nSPS) is 11.2. The molecule has 3 rings (SSSR count). The number of nitrogens with zero attached hydrogens (tertiary/aromatic N) is 1. The molecule has 0 aliphatic rings. The van der Waals surface area contributed by atoms with Crippen LogP contribution in [0.3, 0.4) is 0 Å². The molecule has 1 N–H and O–H groups in total. The lowest BCUT2D eigenvalue weighted by atomic mass is 10.0. The van der Waals surface area contributed by atoms with Crippen LogP contribution < -0.4 is 10.2 Å². The van der Waals surface area contributed by atoms with Crippen LogP contribution in [0.5, 0.6) is 5.75 Å². The van der Waals surface area contributed by atoms with Gasteiger partial charge in [-0.15, -0.1) is 0 Å². The minimum absolute atomic E-state index is 0.116. The van der Waals surface area contributed by atoms with Gasteiger partial charge in [0.15, 0.2) is 6.61 Å². The number of furan rings is 1. The number of rotatable bonds is 7. The third-order valence-electron chi connectivity index (χ3n) is 4.29. The lowest BCUT2D eigenvalue weighted by molar-refractivity contribution is -0.123. The Morgan fingerprint density at radius 2 is 1.93 bits per heavy atom. The Balaban J connectivity index is 1.54. The third kappa shape index (κ3) is 5.72. The molecule has 0 unspecified atom stereocenters. The third-order valence-corrected chi connectivity index (χ3v) is 4.54. The first-order chi connectivity index (χ1) is 13.9. The summed E-state index contributed by atoms with van der Waals surface area (Å²) in [6.07, 6.45) is 1.45. The highest BCUT2D eigenvalue weighted by Crippen LogP contribution is 2.27. The van der Waals surface area contributed by atoms with E-state index in [0.717, 1.165) is 22.4 Å². The standard InChI is InChI=1S/C23H23ClN2O3/c1-15(2)20-10-4-16(3)12-22(20)28-14-23(27)26-25-13-19-9-11-21(29-19)17-5-7-18(24)8-6-17/h4-13,15H,14H2,1-3H3,(H,26,27)/b25-13+. The molecule has 1 aromatic heterocycles. The monoisotopic (exact) mass is 410 g/mol. The Morgan fingerprint density at radius 1 is 1.17 bits per heavy atom. The summed E-state index contributed by atoms with van der Waals surface area (Å²) in [6.45, 7) is 6.05. The lowest BCUT2D eigenvalue weighted by Crippen LogP contribution is -2.24. The summed E-state index contributed by atoms with van der Waals surface area (Å²) in [5.74, 6) is 1.90. The predicted octanol–water partition coefficient (Wildman–Crippen LogP) is 5.56. The van der Waals surface area contributed by atoms with E-state index in [-0.39, 0.29) is 12.5 Å². The van der Waals surface area contributed by atoms with Crippen LogP contribution in [-0.2, 0) is 4.79 Å². The zero-order valence-corrected chi connectivity index (χ0v) is 17.4. The van der Waals surface area contributed by atoms with E-state index < -0.39 is 0 Å². The molecular formula is C23H23ClN2O3. The van der Waals surface area contributed by atoms with Gasteiger partial charge >= 0.3 is 0 Å². The zero-order chi connectivity index (χ0) is 20.8. The van der Waals surface area contributed by atoms with E-state index in [1.807, 2.05) is 43.3 Å². The number of carbonyl (C=O) groups is 1. The summed E-state index contributed by atoms with van der Waals surface area (Å²) in [7, 11) is 0. The van der Waals surface area contributed by atoms with Gasteiger partial charge in [0.2, 0.25) is 0 Å². The topological polar surface area (TPSA) is 63.8 Å². The Bertz CT molecular complexity index is 1010. The van der Waals surface area contributed by atoms with E-state index in [1.54, 1.807) is 18.2 Å². The van der Waals surface area contributed by atoms with Gasteiger partial charge in [-0.1, -0.05) is 37.6 Å². The van der Waals surface area contributed by atoms with Gasteiger partial charge in [0.25, 0.3) is 5.91 Å². The quantitative estimate of drug-likeness (QED) is 0.409. The first-order valence-corrected chi connectivity index (χ1v) is 9.71. The van der Waals surface area contributed by atoms with E-state index >= 15 is 0 Å². The second kappa shape index (κ2) is 9.43. The highest BCUT2D eigenvalue weighted by molar-refractivity contribution is 6.30. The summed E-state index contributed by atoms with van der Waals surface area (Å²) in [5.41, 5.74) is 5.50. The van der Waals surface area contributed by atoms with Crippen molar-refractivity contribution in [3.8, 4) is 17.1 Å². The Kier molecular flexibility index (Phi) is 6.73. The van der Waals surface area contributed by atoms with Crippen molar-refractivity contribution in [1.29, 1.82) is 0 Å². The van der Waals surface area contributed by atoms with Crippen LogP contribution in [0.1, 0.15) is 36.7 Å². The fourth-order valence-corrected chi connectivity index (χ4v) is 2.90. The fourth-order valence-electron chi connectivity index (χ4n) is 2.78. The molecule has 0 saturated carbocycles. The Hall–Kier alpha value is -3.05. The molecule has 150 valence electrons. The molecule has 6 heteroatoms. The van der Waals surface area contributed by atoms with Gasteiger partial charge in [-0.3, -0.25) is 4.79 Å². The largest absolute Gasteiger partial charge is 0.483 e. The van der Waals surface area contributed by atoms with Crippen molar-refractivity contribution >= 4 is 23.7 Å². The number of hydrazone groups is 1. The van der Waals surface area contributed by atoms with Crippen molar-refractivity contribution in [1.82, 2.24) is 5.43 Å². The fraction of sp³-hybridized carbons (Fsp3) is 0.217. The van der Waals surface area contributed by atoms with E-state index in [2.05, 4.69) is 24.4 Å². The van der Waals surface area contributed by atoms with Crippen LogP contribution >= 0.6 is 11.6 Å². The number of aryl methyl sites for hydroxylation is 1. The highest BCUT2D eigenvalue weighted by atomic mass is 35.5. The molecule has 29 heavy (non-hydrogen) atoms. The highest BCUT2D eigenvalue weighted by Gasteiger charge is 2.10. The number of hydrogen-bond acceptors (Lipinski definition) is 4. The molecule has 0 atom stereocenters. The average molecular weight is 411 g/mol. The summed E-state index contributed by atoms with van der Waals surface area (Å²) < 4.78 is 11.4. The van der Waals surface area contributed by atoms with Crippen LogP contribution in [-0.4, -0.2) is 18.7 Å². The van der Waals surface area contributed by atoms with Gasteiger partial charge in [-0.2, -0.15) is 5.10 Å². The second-order valence-corrected chi connectivity index (χ2v) is 7.42. The van der Waals surface area contributed by atoms with Crippen molar-refractivity contribution in [2.24, 2.45) is 5.10 Å². The number of ether oxygens (including phenoxy) is 1. The molecule has 0 aliphatic heterocycles. The summed E-state index contributed by atoms with van der Waals surface area (Å²) in [6, 6.07) is 17.0. The number of benzene rings is 2. The van der Waals surface area contributed by atoms with Crippen molar-refractivity contribution in [2.45, 2.75) is 26.7 Å². The maximum atomic E-state index is 12.0. The summed E-state index contributed by atoms with van der Waals surface area (Å²) >= 11 is 5.90. The van der Waals surface area contributed by atoms with Crippen molar-refractivity contribution in [3.05, 3.63) is 76.5 Å². The predicted molar refractivity (Wildman–Crippen MR) is 116 cm³/mol. The number of hydrogen-bond donors (Lipinski definition) is 1. The molecule has 3 aromatic rings. The molecule has 2 aromatic carbocycles. The van der Waals surface area contributed by atoms with Crippen molar-refractivity contribution in [3.63, 3.8) is 0 Å². The van der Waals surface area contributed by atoms with Crippen molar-refractivity contribution in [2.75, 3.05) is 6.61 Å². The van der Waals surface area contributed by atoms with E-state index in [9.17, 15) is 4.79 Å². The smallest absolute Gasteiger partial charge is 0.277 e. The molecule has 1 amide bonds. The summed E-state index contributed by atoms with van der Waals surface area (Å²) in [4.78, 5) is 12.0. The van der Waals surface area contributed by atoms with Crippen LogP contribution in [0, 0.1) is 6.92 Å². The molecule has 0 saturated heterocycles. The molecule has 0 spiro atoms. The maximum absolute atomic E-state index is 12.0. The minimum atomic E-state index is -0.345.